The number of fused-ring (bicyclic) bond motifs is 1. The topological polar surface area (TPSA) is 17.3 Å². The van der Waals surface area contributed by atoms with Gasteiger partial charge in [0.15, 0.2) is 0 Å². The standard InChI is InChI=1S/C16H16N2S/c1-2-6-14(7-3-1)9-11-19-13-15-12-17-16-8-4-5-10-18(15)16/h1-8,10,12H,9,11,13H2. The monoisotopic (exact) mass is 268 g/mol. The predicted molar refractivity (Wildman–Crippen MR) is 81.5 cm³/mol. The van der Waals surface area contributed by atoms with E-state index < -0.39 is 0 Å². The van der Waals surface area contributed by atoms with Crippen LogP contribution in [0.25, 0.3) is 5.65 Å². The summed E-state index contributed by atoms with van der Waals surface area (Å²) in [6, 6.07) is 16.8. The zero-order valence-electron chi connectivity index (χ0n) is 10.7. The number of nitrogens with zero attached hydrogens (tertiary/aromatic N) is 2. The van der Waals surface area contributed by atoms with Gasteiger partial charge in [-0.3, -0.25) is 0 Å². The molecule has 3 heteroatoms. The van der Waals surface area contributed by atoms with Crippen LogP contribution in [0.4, 0.5) is 0 Å². The maximum Gasteiger partial charge on any atom is 0.136 e. The van der Waals surface area contributed by atoms with E-state index in [0.29, 0.717) is 0 Å². The van der Waals surface area contributed by atoms with E-state index in [1.165, 1.54) is 11.3 Å². The third-order valence-electron chi connectivity index (χ3n) is 3.12. The summed E-state index contributed by atoms with van der Waals surface area (Å²) >= 11 is 1.96. The van der Waals surface area contributed by atoms with Crippen LogP contribution in [0.3, 0.4) is 0 Å². The zero-order valence-corrected chi connectivity index (χ0v) is 11.5. The third-order valence-corrected chi connectivity index (χ3v) is 4.11. The van der Waals surface area contributed by atoms with Gasteiger partial charge in [0.2, 0.25) is 0 Å². The second-order valence-electron chi connectivity index (χ2n) is 4.47. The Morgan fingerprint density at radius 3 is 2.74 bits per heavy atom. The smallest absolute Gasteiger partial charge is 0.136 e. The molecular formula is C16H16N2S. The summed E-state index contributed by atoms with van der Waals surface area (Å²) in [6.07, 6.45) is 5.18. The highest BCUT2D eigenvalue weighted by molar-refractivity contribution is 7.98. The predicted octanol–water partition coefficient (Wildman–Crippen LogP) is 3.81. The van der Waals surface area contributed by atoms with Gasteiger partial charge in [0.05, 0.1) is 11.9 Å². The molecule has 0 bridgehead atoms. The molecule has 3 rings (SSSR count). The third kappa shape index (κ3) is 2.99. The molecule has 3 aromatic rings. The molecule has 0 fully saturated rings. The molecule has 0 unspecified atom stereocenters. The lowest BCUT2D eigenvalue weighted by Gasteiger charge is -2.02. The number of rotatable bonds is 5. The molecule has 2 nitrogen and oxygen atoms in total. The van der Waals surface area contributed by atoms with E-state index in [1.54, 1.807) is 0 Å². The lowest BCUT2D eigenvalue weighted by atomic mass is 10.2. The number of imidazole rings is 1. The van der Waals surface area contributed by atoms with Gasteiger partial charge in [0, 0.05) is 11.9 Å². The summed E-state index contributed by atoms with van der Waals surface area (Å²) in [6.45, 7) is 0. The molecule has 0 spiro atoms. The van der Waals surface area contributed by atoms with Gasteiger partial charge in [0.1, 0.15) is 5.65 Å². The molecule has 0 amide bonds. The summed E-state index contributed by atoms with van der Waals surface area (Å²) in [5.74, 6) is 2.15. The first kappa shape index (κ1) is 12.3. The van der Waals surface area contributed by atoms with E-state index in [9.17, 15) is 0 Å². The molecule has 19 heavy (non-hydrogen) atoms. The highest BCUT2D eigenvalue weighted by atomic mass is 32.2. The Labute approximate surface area is 117 Å². The van der Waals surface area contributed by atoms with Crippen molar-refractivity contribution in [2.75, 3.05) is 5.75 Å². The minimum atomic E-state index is 1.01. The molecule has 2 aromatic heterocycles. The lowest BCUT2D eigenvalue weighted by molar-refractivity contribution is 1.09. The van der Waals surface area contributed by atoms with Crippen LogP contribution in [0, 0.1) is 0 Å². The average molecular weight is 268 g/mol. The molecule has 0 aliphatic carbocycles. The van der Waals surface area contributed by atoms with Crippen molar-refractivity contribution in [2.45, 2.75) is 12.2 Å². The second-order valence-corrected chi connectivity index (χ2v) is 5.57. The van der Waals surface area contributed by atoms with E-state index in [-0.39, 0.29) is 0 Å². The highest BCUT2D eigenvalue weighted by Crippen LogP contribution is 2.15. The number of hydrogen-bond donors (Lipinski definition) is 0. The largest absolute Gasteiger partial charge is 0.303 e. The van der Waals surface area contributed by atoms with Gasteiger partial charge in [-0.2, -0.15) is 11.8 Å². The van der Waals surface area contributed by atoms with Crippen molar-refractivity contribution in [2.24, 2.45) is 0 Å². The molecule has 0 saturated heterocycles. The molecule has 0 aliphatic heterocycles. The van der Waals surface area contributed by atoms with Crippen LogP contribution in [0.1, 0.15) is 11.3 Å². The number of pyridine rings is 1. The summed E-state index contributed by atoms with van der Waals surface area (Å²) < 4.78 is 2.16. The second kappa shape index (κ2) is 5.93. The molecule has 0 N–H and O–H groups in total. The maximum absolute atomic E-state index is 4.41. The van der Waals surface area contributed by atoms with Gasteiger partial charge in [-0.15, -0.1) is 0 Å². The van der Waals surface area contributed by atoms with Crippen LogP contribution < -0.4 is 0 Å². The van der Waals surface area contributed by atoms with Crippen molar-refractivity contribution in [3.05, 3.63) is 72.2 Å². The first-order valence-electron chi connectivity index (χ1n) is 6.46. The SMILES string of the molecule is c1ccc(CCSCc2cnc3ccccn23)cc1. The van der Waals surface area contributed by atoms with Gasteiger partial charge in [0.25, 0.3) is 0 Å². The first-order chi connectivity index (χ1) is 9.43. The van der Waals surface area contributed by atoms with Crippen molar-refractivity contribution in [3.8, 4) is 0 Å². The normalized spacial score (nSPS) is 10.9. The van der Waals surface area contributed by atoms with E-state index in [1.807, 2.05) is 36.2 Å². The van der Waals surface area contributed by atoms with Gasteiger partial charge in [-0.1, -0.05) is 36.4 Å². The fraction of sp³-hybridized carbons (Fsp3) is 0.188. The quantitative estimate of drug-likeness (QED) is 0.655. The summed E-state index contributed by atoms with van der Waals surface area (Å²) in [5, 5.41) is 0. The van der Waals surface area contributed by atoms with E-state index in [4.69, 9.17) is 0 Å². The van der Waals surface area contributed by atoms with Gasteiger partial charge in [-0.25, -0.2) is 4.98 Å². The summed E-state index contributed by atoms with van der Waals surface area (Å²) in [4.78, 5) is 4.41. The molecule has 0 aliphatic rings. The Morgan fingerprint density at radius 2 is 1.84 bits per heavy atom. The maximum atomic E-state index is 4.41. The van der Waals surface area contributed by atoms with Gasteiger partial charge < -0.3 is 4.40 Å². The number of aromatic nitrogens is 2. The Bertz CT molecular complexity index is 646. The molecular weight excluding hydrogens is 252 g/mol. The fourth-order valence-corrected chi connectivity index (χ4v) is 3.05. The van der Waals surface area contributed by atoms with E-state index >= 15 is 0 Å². The van der Waals surface area contributed by atoms with Gasteiger partial charge >= 0.3 is 0 Å². The van der Waals surface area contributed by atoms with Gasteiger partial charge in [-0.05, 0) is 29.9 Å². The Morgan fingerprint density at radius 1 is 1.00 bits per heavy atom. The van der Waals surface area contributed by atoms with Crippen LogP contribution in [-0.4, -0.2) is 15.1 Å². The molecule has 96 valence electrons. The van der Waals surface area contributed by atoms with Crippen molar-refractivity contribution < 1.29 is 0 Å². The number of thioether (sulfide) groups is 1. The van der Waals surface area contributed by atoms with Crippen LogP contribution in [0.5, 0.6) is 0 Å². The van der Waals surface area contributed by atoms with Crippen molar-refractivity contribution in [1.29, 1.82) is 0 Å². The van der Waals surface area contributed by atoms with E-state index in [2.05, 4.69) is 45.9 Å². The molecule has 1 aromatic carbocycles. The lowest BCUT2D eigenvalue weighted by Crippen LogP contribution is -1.92. The Kier molecular flexibility index (Phi) is 3.84. The first-order valence-corrected chi connectivity index (χ1v) is 7.61. The van der Waals surface area contributed by atoms with Crippen LogP contribution in [0.15, 0.2) is 60.9 Å². The summed E-state index contributed by atoms with van der Waals surface area (Å²) in [5.41, 5.74) is 3.71. The Balaban J connectivity index is 1.55. The molecule has 0 atom stereocenters. The van der Waals surface area contributed by atoms with Crippen molar-refractivity contribution >= 4 is 17.4 Å². The molecule has 2 heterocycles. The van der Waals surface area contributed by atoms with Crippen LogP contribution in [-0.2, 0) is 12.2 Å². The van der Waals surface area contributed by atoms with Crippen LogP contribution in [0.2, 0.25) is 0 Å². The van der Waals surface area contributed by atoms with Crippen LogP contribution >= 0.6 is 11.8 Å². The number of aryl methyl sites for hydroxylation is 1. The van der Waals surface area contributed by atoms with Crippen molar-refractivity contribution in [3.63, 3.8) is 0 Å². The minimum Gasteiger partial charge on any atom is -0.303 e. The fourth-order valence-electron chi connectivity index (χ4n) is 2.10. The molecule has 0 saturated carbocycles. The minimum absolute atomic E-state index is 1.01. The summed E-state index contributed by atoms with van der Waals surface area (Å²) in [7, 11) is 0. The average Bonchev–Trinajstić information content (AvgIpc) is 2.88. The molecule has 0 radical (unpaired) electrons. The van der Waals surface area contributed by atoms with E-state index in [0.717, 1.165) is 23.6 Å². The Hall–Kier alpha value is -1.74. The number of hydrogen-bond acceptors (Lipinski definition) is 2. The van der Waals surface area contributed by atoms with Crippen molar-refractivity contribution in [1.82, 2.24) is 9.38 Å². The zero-order chi connectivity index (χ0) is 12.9. The highest BCUT2D eigenvalue weighted by Gasteiger charge is 2.02. The number of benzene rings is 1.